The second-order valence-corrected chi connectivity index (χ2v) is 16.1. The van der Waals surface area contributed by atoms with Gasteiger partial charge in [-0.1, -0.05) is 176 Å². The Labute approximate surface area is 329 Å². The molecular formula is C53H34N2S. The maximum atomic E-state index is 5.32. The van der Waals surface area contributed by atoms with E-state index in [4.69, 9.17) is 4.99 Å². The molecule has 2 aliphatic carbocycles. The number of nitrogens with zero attached hydrogens (tertiary/aromatic N) is 1. The van der Waals surface area contributed by atoms with Gasteiger partial charge in [0.2, 0.25) is 0 Å². The number of benzene rings is 8. The summed E-state index contributed by atoms with van der Waals surface area (Å²) in [7, 11) is 0. The standard InChI is InChI=1S/C53H34N2S/c1-3-15-33(16-4-1)47-32-48(55-52(54-47)34-17-5-2-6-18-34)50-36(29-30-42-41-22-10-14-26-49(41)56-51(42)50)35-27-28-40-39-21-9-13-25-45(39)53(46(40)31-35)43-23-11-7-19-37(43)38-20-8-12-24-44(38)53/h1-32,47H,(H,54,55). The number of hydrogen-bond acceptors (Lipinski definition) is 3. The molecule has 2 nitrogen and oxygen atoms in total. The van der Waals surface area contributed by atoms with E-state index in [0.29, 0.717) is 0 Å². The quantitative estimate of drug-likeness (QED) is 0.192. The average Bonchev–Trinajstić information content (AvgIpc) is 3.90. The first-order valence-corrected chi connectivity index (χ1v) is 20.1. The predicted octanol–water partition coefficient (Wildman–Crippen LogP) is 13.2. The number of rotatable bonds is 4. The van der Waals surface area contributed by atoms with Gasteiger partial charge in [-0.15, -0.1) is 11.3 Å². The minimum absolute atomic E-state index is 0.149. The van der Waals surface area contributed by atoms with Crippen molar-refractivity contribution in [1.82, 2.24) is 5.32 Å². The van der Waals surface area contributed by atoms with E-state index in [1.54, 1.807) is 0 Å². The van der Waals surface area contributed by atoms with Gasteiger partial charge in [0.05, 0.1) is 11.5 Å². The summed E-state index contributed by atoms with van der Waals surface area (Å²) in [6.45, 7) is 0. The minimum atomic E-state index is -0.412. The van der Waals surface area contributed by atoms with Gasteiger partial charge in [-0.3, -0.25) is 4.99 Å². The van der Waals surface area contributed by atoms with E-state index in [1.807, 2.05) is 11.3 Å². The van der Waals surface area contributed by atoms with Crippen molar-refractivity contribution in [3.63, 3.8) is 0 Å². The van der Waals surface area contributed by atoms with Crippen molar-refractivity contribution < 1.29 is 0 Å². The first kappa shape index (κ1) is 31.5. The molecule has 2 heterocycles. The Bertz CT molecular complexity index is 3050. The molecule has 12 rings (SSSR count). The van der Waals surface area contributed by atoms with E-state index in [0.717, 1.165) is 17.1 Å². The van der Waals surface area contributed by atoms with E-state index >= 15 is 0 Å². The molecule has 56 heavy (non-hydrogen) atoms. The molecule has 0 amide bonds. The molecule has 9 aromatic rings. The van der Waals surface area contributed by atoms with Crippen LogP contribution in [0.3, 0.4) is 0 Å². The van der Waals surface area contributed by atoms with Crippen LogP contribution in [-0.4, -0.2) is 5.84 Å². The molecule has 1 N–H and O–H groups in total. The molecule has 0 saturated heterocycles. The zero-order chi connectivity index (χ0) is 36.8. The average molecular weight is 731 g/mol. The molecule has 0 fully saturated rings. The highest BCUT2D eigenvalue weighted by molar-refractivity contribution is 7.26. The minimum Gasteiger partial charge on any atom is -0.340 e. The molecule has 1 aliphatic heterocycles. The molecule has 1 atom stereocenters. The van der Waals surface area contributed by atoms with Crippen molar-refractivity contribution in [2.24, 2.45) is 4.99 Å². The van der Waals surface area contributed by atoms with Gasteiger partial charge >= 0.3 is 0 Å². The van der Waals surface area contributed by atoms with Crippen LogP contribution in [0.2, 0.25) is 0 Å². The molecule has 0 radical (unpaired) electrons. The van der Waals surface area contributed by atoms with Gasteiger partial charge in [-0.2, -0.15) is 0 Å². The smallest absolute Gasteiger partial charge is 0.133 e. The second-order valence-electron chi connectivity index (χ2n) is 15.0. The van der Waals surface area contributed by atoms with Gasteiger partial charge in [0, 0.05) is 37.0 Å². The van der Waals surface area contributed by atoms with Crippen LogP contribution >= 0.6 is 11.3 Å². The molecule has 1 spiro atoms. The van der Waals surface area contributed by atoms with Gasteiger partial charge in [0.25, 0.3) is 0 Å². The molecule has 1 unspecified atom stereocenters. The van der Waals surface area contributed by atoms with Crippen LogP contribution in [0.15, 0.2) is 199 Å². The molecular weight excluding hydrogens is 697 g/mol. The van der Waals surface area contributed by atoms with E-state index in [-0.39, 0.29) is 6.04 Å². The molecule has 8 aromatic carbocycles. The van der Waals surface area contributed by atoms with E-state index in [1.165, 1.54) is 86.9 Å². The fraction of sp³-hybridized carbons (Fsp3) is 0.0377. The summed E-state index contributed by atoms with van der Waals surface area (Å²) in [5, 5.41) is 6.45. The third kappa shape index (κ3) is 4.40. The Balaban J connectivity index is 1.13. The zero-order valence-corrected chi connectivity index (χ0v) is 31.2. The van der Waals surface area contributed by atoms with Gasteiger partial charge in [0.15, 0.2) is 0 Å². The maximum Gasteiger partial charge on any atom is 0.133 e. The summed E-state index contributed by atoms with van der Waals surface area (Å²) in [6, 6.07) is 69.0. The Kier molecular flexibility index (Phi) is 6.81. The summed E-state index contributed by atoms with van der Waals surface area (Å²) in [5.74, 6) is 0.878. The summed E-state index contributed by atoms with van der Waals surface area (Å²) < 4.78 is 2.56. The van der Waals surface area contributed by atoms with Crippen molar-refractivity contribution in [2.75, 3.05) is 0 Å². The van der Waals surface area contributed by atoms with Crippen molar-refractivity contribution in [2.45, 2.75) is 11.5 Å². The Morgan fingerprint density at radius 2 is 1.04 bits per heavy atom. The molecule has 1 aromatic heterocycles. The number of nitrogens with one attached hydrogen (secondary N) is 1. The molecule has 0 saturated carbocycles. The van der Waals surface area contributed by atoms with E-state index in [2.05, 4.69) is 199 Å². The SMILES string of the molecule is C1=C(c2c(-c3ccc4c(c3)C3(c5ccccc5-c5ccccc53)c3ccccc3-4)ccc3c2sc2ccccc23)NC(c2ccccc2)=NC1c1ccccc1. The third-order valence-corrected chi connectivity index (χ3v) is 13.4. The topological polar surface area (TPSA) is 24.4 Å². The van der Waals surface area contributed by atoms with Crippen molar-refractivity contribution in [1.29, 1.82) is 0 Å². The fourth-order valence-corrected chi connectivity index (χ4v) is 11.1. The summed E-state index contributed by atoms with van der Waals surface area (Å²) in [6.07, 6.45) is 2.33. The molecule has 3 heteroatoms. The lowest BCUT2D eigenvalue weighted by Gasteiger charge is -2.31. The van der Waals surface area contributed by atoms with Gasteiger partial charge in [-0.05, 0) is 79.4 Å². The highest BCUT2D eigenvalue weighted by atomic mass is 32.1. The van der Waals surface area contributed by atoms with Crippen molar-refractivity contribution in [3.8, 4) is 33.4 Å². The lowest BCUT2D eigenvalue weighted by atomic mass is 9.70. The van der Waals surface area contributed by atoms with Crippen molar-refractivity contribution in [3.05, 3.63) is 233 Å². The molecule has 262 valence electrons. The van der Waals surface area contributed by atoms with Gasteiger partial charge in [0.1, 0.15) is 5.84 Å². The number of amidine groups is 1. The van der Waals surface area contributed by atoms with Gasteiger partial charge in [-0.25, -0.2) is 0 Å². The Hall–Kier alpha value is -6.81. The predicted molar refractivity (Wildman–Crippen MR) is 234 cm³/mol. The molecule has 3 aliphatic rings. The van der Waals surface area contributed by atoms with Crippen LogP contribution in [0.25, 0.3) is 59.3 Å². The van der Waals surface area contributed by atoms with Crippen LogP contribution in [0.5, 0.6) is 0 Å². The number of aliphatic imine (C=N–C) groups is 1. The van der Waals surface area contributed by atoms with Crippen LogP contribution in [-0.2, 0) is 5.41 Å². The number of hydrogen-bond donors (Lipinski definition) is 1. The van der Waals surface area contributed by atoms with E-state index in [9.17, 15) is 0 Å². The third-order valence-electron chi connectivity index (χ3n) is 12.2. The summed E-state index contributed by atoms with van der Waals surface area (Å²) in [4.78, 5) is 5.32. The maximum absolute atomic E-state index is 5.32. The lowest BCUT2D eigenvalue weighted by molar-refractivity contribution is 0.794. The Morgan fingerprint density at radius 3 is 1.73 bits per heavy atom. The monoisotopic (exact) mass is 730 g/mol. The van der Waals surface area contributed by atoms with Crippen LogP contribution in [0, 0.1) is 0 Å². The fourth-order valence-electron chi connectivity index (χ4n) is 9.80. The first-order chi connectivity index (χ1) is 27.8. The molecule has 0 bridgehead atoms. The Morgan fingerprint density at radius 1 is 0.464 bits per heavy atom. The first-order valence-electron chi connectivity index (χ1n) is 19.3. The highest BCUT2D eigenvalue weighted by Crippen LogP contribution is 2.63. The van der Waals surface area contributed by atoms with Gasteiger partial charge < -0.3 is 5.32 Å². The second kappa shape index (κ2) is 12.1. The van der Waals surface area contributed by atoms with Crippen LogP contribution < -0.4 is 5.32 Å². The summed E-state index contributed by atoms with van der Waals surface area (Å²) in [5.41, 5.74) is 17.2. The van der Waals surface area contributed by atoms with E-state index < -0.39 is 5.41 Å². The normalized spacial score (nSPS) is 15.8. The van der Waals surface area contributed by atoms with Crippen LogP contribution in [0.4, 0.5) is 0 Å². The number of fused-ring (bicyclic) bond motifs is 13. The zero-order valence-electron chi connectivity index (χ0n) is 30.4. The highest BCUT2D eigenvalue weighted by Gasteiger charge is 2.51. The largest absolute Gasteiger partial charge is 0.340 e. The van der Waals surface area contributed by atoms with Crippen LogP contribution in [0.1, 0.15) is 45.0 Å². The number of thiophene rings is 1. The lowest BCUT2D eigenvalue weighted by Crippen LogP contribution is -2.28. The summed E-state index contributed by atoms with van der Waals surface area (Å²) >= 11 is 1.88. The van der Waals surface area contributed by atoms with Crippen molar-refractivity contribution >= 4 is 43.0 Å².